The minimum atomic E-state index is -0.980. The average Bonchev–Trinajstić information content (AvgIpc) is 2.94. The van der Waals surface area contributed by atoms with Gasteiger partial charge in [0.05, 0.1) is 13.7 Å². The summed E-state index contributed by atoms with van der Waals surface area (Å²) in [7, 11) is 1.47. The monoisotopic (exact) mass is 288 g/mol. The highest BCUT2D eigenvalue weighted by Gasteiger charge is 2.18. The van der Waals surface area contributed by atoms with E-state index in [1.54, 1.807) is 18.5 Å². The van der Waals surface area contributed by atoms with Crippen molar-refractivity contribution in [2.75, 3.05) is 13.7 Å². The van der Waals surface area contributed by atoms with E-state index in [1.807, 2.05) is 10.6 Å². The summed E-state index contributed by atoms with van der Waals surface area (Å²) in [4.78, 5) is 13.5. The number of aromatic nitrogens is 3. The SMILES string of the molecule is COc1ccc(CN2CCn3cnnc3C2)cc1C(=O)O. The van der Waals surface area contributed by atoms with Gasteiger partial charge in [-0.1, -0.05) is 6.07 Å². The van der Waals surface area contributed by atoms with Gasteiger partial charge in [-0.25, -0.2) is 4.79 Å². The fourth-order valence-electron chi connectivity index (χ4n) is 2.53. The molecular formula is C14H16N4O3. The maximum Gasteiger partial charge on any atom is 0.339 e. The summed E-state index contributed by atoms with van der Waals surface area (Å²) in [5.74, 6) is 0.338. The highest BCUT2D eigenvalue weighted by atomic mass is 16.5. The number of aromatic carboxylic acids is 1. The van der Waals surface area contributed by atoms with Crippen LogP contribution in [0.5, 0.6) is 5.75 Å². The fraction of sp³-hybridized carbons (Fsp3) is 0.357. The standard InChI is InChI=1S/C14H16N4O3/c1-21-12-3-2-10(6-11(12)14(19)20)7-17-4-5-18-9-15-16-13(18)8-17/h2-3,6,9H,4-5,7-8H2,1H3,(H,19,20). The molecule has 3 rings (SSSR count). The number of carboxylic acid groups (broad SMARTS) is 1. The maximum atomic E-state index is 11.2. The Hall–Kier alpha value is -2.41. The highest BCUT2D eigenvalue weighted by molar-refractivity contribution is 5.91. The van der Waals surface area contributed by atoms with Gasteiger partial charge < -0.3 is 14.4 Å². The quantitative estimate of drug-likeness (QED) is 0.904. The Morgan fingerprint density at radius 1 is 1.43 bits per heavy atom. The Balaban J connectivity index is 1.77. The Morgan fingerprint density at radius 3 is 3.05 bits per heavy atom. The maximum absolute atomic E-state index is 11.2. The molecule has 0 fully saturated rings. The van der Waals surface area contributed by atoms with E-state index in [0.29, 0.717) is 18.8 Å². The number of hydrogen-bond donors (Lipinski definition) is 1. The molecule has 0 spiro atoms. The van der Waals surface area contributed by atoms with Crippen LogP contribution in [0.1, 0.15) is 21.7 Å². The van der Waals surface area contributed by atoms with Gasteiger partial charge in [-0.3, -0.25) is 4.90 Å². The Bertz CT molecular complexity index is 668. The molecule has 1 aliphatic heterocycles. The molecule has 0 atom stereocenters. The lowest BCUT2D eigenvalue weighted by molar-refractivity contribution is 0.0693. The van der Waals surface area contributed by atoms with Crippen molar-refractivity contribution in [2.45, 2.75) is 19.6 Å². The van der Waals surface area contributed by atoms with Crippen LogP contribution in [0.15, 0.2) is 24.5 Å². The van der Waals surface area contributed by atoms with Crippen molar-refractivity contribution in [1.29, 1.82) is 0 Å². The van der Waals surface area contributed by atoms with Crippen LogP contribution in [-0.2, 0) is 19.6 Å². The molecule has 2 heterocycles. The first-order valence-electron chi connectivity index (χ1n) is 6.66. The van der Waals surface area contributed by atoms with E-state index in [0.717, 1.165) is 24.5 Å². The van der Waals surface area contributed by atoms with Crippen molar-refractivity contribution in [1.82, 2.24) is 19.7 Å². The molecule has 0 unspecified atom stereocenters. The van der Waals surface area contributed by atoms with Crippen molar-refractivity contribution in [3.8, 4) is 5.75 Å². The number of carbonyl (C=O) groups is 1. The van der Waals surface area contributed by atoms with E-state index < -0.39 is 5.97 Å². The fourth-order valence-corrected chi connectivity index (χ4v) is 2.53. The molecule has 0 bridgehead atoms. The molecule has 7 nitrogen and oxygen atoms in total. The second-order valence-electron chi connectivity index (χ2n) is 4.99. The van der Waals surface area contributed by atoms with Crippen LogP contribution in [0.3, 0.4) is 0 Å². The Morgan fingerprint density at radius 2 is 2.29 bits per heavy atom. The smallest absolute Gasteiger partial charge is 0.339 e. The van der Waals surface area contributed by atoms with E-state index in [-0.39, 0.29) is 5.56 Å². The predicted molar refractivity (Wildman–Crippen MR) is 74.1 cm³/mol. The zero-order valence-corrected chi connectivity index (χ0v) is 11.7. The van der Waals surface area contributed by atoms with Gasteiger partial charge >= 0.3 is 5.97 Å². The summed E-state index contributed by atoms with van der Waals surface area (Å²) in [6.45, 7) is 3.13. The molecular weight excluding hydrogens is 272 g/mol. The summed E-state index contributed by atoms with van der Waals surface area (Å²) >= 11 is 0. The Kier molecular flexibility index (Phi) is 3.57. The van der Waals surface area contributed by atoms with Crippen molar-refractivity contribution in [3.63, 3.8) is 0 Å². The molecule has 1 aliphatic rings. The zero-order chi connectivity index (χ0) is 14.8. The number of fused-ring (bicyclic) bond motifs is 1. The van der Waals surface area contributed by atoms with Crippen LogP contribution in [0, 0.1) is 0 Å². The van der Waals surface area contributed by atoms with E-state index in [2.05, 4.69) is 15.1 Å². The van der Waals surface area contributed by atoms with Gasteiger partial charge in [-0.05, 0) is 17.7 Å². The number of benzene rings is 1. The van der Waals surface area contributed by atoms with Crippen LogP contribution in [0.25, 0.3) is 0 Å². The molecule has 1 aromatic carbocycles. The lowest BCUT2D eigenvalue weighted by Gasteiger charge is -2.27. The third kappa shape index (κ3) is 2.73. The third-order valence-electron chi connectivity index (χ3n) is 3.62. The summed E-state index contributed by atoms with van der Waals surface area (Å²) in [6.07, 6.45) is 1.74. The van der Waals surface area contributed by atoms with E-state index in [1.165, 1.54) is 7.11 Å². The van der Waals surface area contributed by atoms with Crippen LogP contribution >= 0.6 is 0 Å². The number of methoxy groups -OCH3 is 1. The van der Waals surface area contributed by atoms with Crippen LogP contribution < -0.4 is 4.74 Å². The van der Waals surface area contributed by atoms with E-state index in [4.69, 9.17) is 4.74 Å². The molecule has 7 heteroatoms. The molecule has 0 amide bonds. The van der Waals surface area contributed by atoms with Gasteiger partial charge in [0.1, 0.15) is 23.5 Å². The highest BCUT2D eigenvalue weighted by Crippen LogP contribution is 2.21. The van der Waals surface area contributed by atoms with Crippen LogP contribution in [0.4, 0.5) is 0 Å². The first kappa shape index (κ1) is 13.6. The summed E-state index contributed by atoms with van der Waals surface area (Å²) in [6, 6.07) is 5.26. The average molecular weight is 288 g/mol. The largest absolute Gasteiger partial charge is 0.496 e. The van der Waals surface area contributed by atoms with Gasteiger partial charge in [0.25, 0.3) is 0 Å². The Labute approximate surface area is 121 Å². The summed E-state index contributed by atoms with van der Waals surface area (Å²) < 4.78 is 7.11. The van der Waals surface area contributed by atoms with Crippen molar-refractivity contribution < 1.29 is 14.6 Å². The minimum absolute atomic E-state index is 0.190. The molecule has 2 aromatic rings. The third-order valence-corrected chi connectivity index (χ3v) is 3.62. The van der Waals surface area contributed by atoms with Gasteiger partial charge in [-0.15, -0.1) is 10.2 Å². The first-order chi connectivity index (χ1) is 10.2. The van der Waals surface area contributed by atoms with Gasteiger partial charge in [0.15, 0.2) is 0 Å². The number of carboxylic acids is 1. The minimum Gasteiger partial charge on any atom is -0.496 e. The van der Waals surface area contributed by atoms with E-state index >= 15 is 0 Å². The summed E-state index contributed by atoms with van der Waals surface area (Å²) in [5, 5.41) is 17.2. The summed E-state index contributed by atoms with van der Waals surface area (Å²) in [5.41, 5.74) is 1.14. The molecule has 0 saturated carbocycles. The van der Waals surface area contributed by atoms with Crippen LogP contribution in [0.2, 0.25) is 0 Å². The van der Waals surface area contributed by atoms with Crippen molar-refractivity contribution in [3.05, 3.63) is 41.5 Å². The van der Waals surface area contributed by atoms with E-state index in [9.17, 15) is 9.90 Å². The van der Waals surface area contributed by atoms with Crippen molar-refractivity contribution in [2.24, 2.45) is 0 Å². The number of ether oxygens (including phenoxy) is 1. The second-order valence-corrected chi connectivity index (χ2v) is 4.99. The zero-order valence-electron chi connectivity index (χ0n) is 11.7. The molecule has 1 aromatic heterocycles. The van der Waals surface area contributed by atoms with Gasteiger partial charge in [-0.2, -0.15) is 0 Å². The first-order valence-corrected chi connectivity index (χ1v) is 6.66. The number of hydrogen-bond acceptors (Lipinski definition) is 5. The molecule has 110 valence electrons. The lowest BCUT2D eigenvalue weighted by atomic mass is 10.1. The van der Waals surface area contributed by atoms with Crippen LogP contribution in [-0.4, -0.2) is 44.4 Å². The second kappa shape index (κ2) is 5.53. The normalized spacial score (nSPS) is 14.7. The topological polar surface area (TPSA) is 80.5 Å². The van der Waals surface area contributed by atoms with Crippen molar-refractivity contribution >= 4 is 5.97 Å². The van der Waals surface area contributed by atoms with Gasteiger partial charge in [0.2, 0.25) is 0 Å². The number of nitrogens with zero attached hydrogens (tertiary/aromatic N) is 4. The molecule has 0 aliphatic carbocycles. The number of rotatable bonds is 4. The molecule has 0 saturated heterocycles. The van der Waals surface area contributed by atoms with Gasteiger partial charge in [0, 0.05) is 19.6 Å². The predicted octanol–water partition coefficient (Wildman–Crippen LogP) is 1.00. The molecule has 21 heavy (non-hydrogen) atoms. The molecule has 1 N–H and O–H groups in total. The molecule has 0 radical (unpaired) electrons. The lowest BCUT2D eigenvalue weighted by Crippen LogP contribution is -2.33.